The first-order valence-electron chi connectivity index (χ1n) is 26.1. The fourth-order valence-electron chi connectivity index (χ4n) is 9.92. The van der Waals surface area contributed by atoms with Crippen molar-refractivity contribution in [2.24, 2.45) is 5.73 Å². The first-order valence-corrected chi connectivity index (χ1v) is 28.2. The Morgan fingerprint density at radius 2 is 1.15 bits per heavy atom. The van der Waals surface area contributed by atoms with Crippen molar-refractivity contribution in [3.63, 3.8) is 0 Å². The lowest BCUT2D eigenvalue weighted by molar-refractivity contribution is -0.890. The van der Waals surface area contributed by atoms with Crippen LogP contribution in [0.1, 0.15) is 87.9 Å². The molecule has 0 spiro atoms. The van der Waals surface area contributed by atoms with E-state index in [0.717, 1.165) is 116 Å². The fraction of sp³-hybridized carbons (Fsp3) is 0.635. The Balaban J connectivity index is 0.000000373. The highest BCUT2D eigenvalue weighted by atomic mass is 127. The van der Waals surface area contributed by atoms with Gasteiger partial charge < -0.3 is 104 Å². The zero-order valence-corrected chi connectivity index (χ0v) is 50.6. The number of benzene rings is 2. The molecule has 4 aliphatic heterocycles. The molecule has 19 nitrogen and oxygen atoms in total. The van der Waals surface area contributed by atoms with E-state index in [-0.39, 0.29) is 102 Å². The fourth-order valence-corrected chi connectivity index (χ4v) is 13.0. The van der Waals surface area contributed by atoms with Crippen LogP contribution < -0.4 is 102 Å². The van der Waals surface area contributed by atoms with Crippen LogP contribution >= 0.6 is 23.5 Å². The summed E-state index contributed by atoms with van der Waals surface area (Å²) in [7, 11) is 10.2. The van der Waals surface area contributed by atoms with Gasteiger partial charge in [-0.3, -0.25) is 19.0 Å². The molecule has 6 atom stereocenters. The molecule has 4 aliphatic rings. The summed E-state index contributed by atoms with van der Waals surface area (Å²) in [6, 6.07) is 15.4. The summed E-state index contributed by atoms with van der Waals surface area (Å²) in [6.07, 6.45) is 8.68. The maximum atomic E-state index is 12.2. The molecule has 0 saturated carbocycles. The number of Topliss-reactive ketones (excluding diaryl/α,β-unsaturated/α-hetero) is 1. The molecule has 4 fully saturated rings. The Morgan fingerprint density at radius 1 is 0.667 bits per heavy atom. The molecule has 0 aliphatic carbocycles. The van der Waals surface area contributed by atoms with Gasteiger partial charge in [0, 0.05) is 104 Å². The van der Waals surface area contributed by atoms with E-state index in [4.69, 9.17) is 4.42 Å². The molecule has 7 rings (SSSR count). The van der Waals surface area contributed by atoms with Gasteiger partial charge in [-0.2, -0.15) is 23.5 Å². The summed E-state index contributed by atoms with van der Waals surface area (Å²) in [5, 5.41) is 22.6. The smallest absolute Gasteiger partial charge is 0.422 e. The van der Waals surface area contributed by atoms with E-state index in [0.29, 0.717) is 60.3 Å². The molecule has 3 aromatic rings. The Labute approximate surface area is 485 Å². The van der Waals surface area contributed by atoms with Gasteiger partial charge in [0.2, 0.25) is 11.8 Å². The highest BCUT2D eigenvalue weighted by Gasteiger charge is 2.43. The second kappa shape index (κ2) is 33.0. The third kappa shape index (κ3) is 20.9. The van der Waals surface area contributed by atoms with Gasteiger partial charge in [0.25, 0.3) is 0 Å². The SMILES string of the molecule is CCC(=O)c1ccccc1NCCC[N+](C)(C)CCCNC(=O)CCCC1SCC2NC(=O)NC21.CN.C[N+](C)(CCCNC(=O)CCCC1SCC2NC(=O)NC21)CCCn1c(=O)oc(=O)c2ccccc21.[I-].[I-]. The minimum absolute atomic E-state index is 0. The number of thioether (sulfide) groups is 2. The number of fused-ring (bicyclic) bond motifs is 3. The predicted molar refractivity (Wildman–Crippen MR) is 293 cm³/mol. The zero-order chi connectivity index (χ0) is 53.0. The van der Waals surface area contributed by atoms with Crippen molar-refractivity contribution in [1.29, 1.82) is 0 Å². The Hall–Kier alpha value is -3.63. The summed E-state index contributed by atoms with van der Waals surface area (Å²) in [4.78, 5) is 83.7. The maximum absolute atomic E-state index is 12.2. The largest absolute Gasteiger partial charge is 1.00 e. The molecule has 0 radical (unpaired) electrons. The Bertz CT molecular complexity index is 2430. The number of nitrogens with one attached hydrogen (secondary N) is 7. The average Bonchev–Trinajstić information content (AvgIpc) is 4.14. The molecule has 75 heavy (non-hydrogen) atoms. The quantitative estimate of drug-likeness (QED) is 0.0134. The molecule has 1 aromatic heterocycles. The second-order valence-electron chi connectivity index (χ2n) is 20.5. The van der Waals surface area contributed by atoms with E-state index < -0.39 is 11.4 Å². The van der Waals surface area contributed by atoms with E-state index in [9.17, 15) is 33.6 Å². The number of ketones is 1. The zero-order valence-electron chi connectivity index (χ0n) is 44.7. The summed E-state index contributed by atoms with van der Waals surface area (Å²) >= 11 is 3.76. The molecule has 420 valence electrons. The summed E-state index contributed by atoms with van der Waals surface area (Å²) < 4.78 is 8.06. The molecule has 5 heterocycles. The number of urea groups is 2. The van der Waals surface area contributed by atoms with Crippen LogP contribution in [0.25, 0.3) is 10.9 Å². The van der Waals surface area contributed by atoms with Crippen LogP contribution in [0.4, 0.5) is 15.3 Å². The third-order valence-corrected chi connectivity index (χ3v) is 17.0. The molecule has 0 bridgehead atoms. The standard InChI is InChI=1S/C26H41N5O3S.C25H35N5O5S.CH5N.2HI/c1-4-22(32)19-10-5-6-11-20(19)27-14-8-16-31(2,3)17-9-15-28-24(33)13-7-12-23-25-21(18-35-23)29-26(34)30-25;1-30(2,15-7-13-29-19-9-4-3-8-17(19)23(32)35-25(29)34)14-6-12-26-21(31)11-5-10-20-22-18(16-36-20)27-24(33)28-22;1-2;;/h5-6,10-11,21,23,25H,4,7-9,12-18H2,1-3H3,(H3-,27,28,29,30,32,33,34);3-4,8-9,18,20,22H,5-7,10-16H2,1-2H3,(H2-,26,27,28,31,33);2H2,1H3;2*1H. The minimum atomic E-state index is -0.622. The maximum Gasteiger partial charge on any atom is 0.422 e. The van der Waals surface area contributed by atoms with Gasteiger partial charge in [0.15, 0.2) is 5.78 Å². The number of halogens is 2. The molecule has 9 N–H and O–H groups in total. The van der Waals surface area contributed by atoms with Crippen LogP contribution in [0.15, 0.2) is 62.5 Å². The van der Waals surface area contributed by atoms with Crippen molar-refractivity contribution in [2.75, 3.05) is 97.9 Å². The molecular formula is C52H83I2N11O8S2. The Kier molecular flexibility index (Phi) is 28.8. The van der Waals surface area contributed by atoms with E-state index >= 15 is 0 Å². The van der Waals surface area contributed by atoms with Crippen LogP contribution in [0.2, 0.25) is 0 Å². The topological polar surface area (TPSA) is 248 Å². The Morgan fingerprint density at radius 3 is 1.68 bits per heavy atom. The van der Waals surface area contributed by atoms with Crippen LogP contribution in [0.5, 0.6) is 0 Å². The van der Waals surface area contributed by atoms with E-state index in [2.05, 4.69) is 71.1 Å². The molecular weight excluding hydrogens is 1220 g/mol. The van der Waals surface area contributed by atoms with Crippen molar-refractivity contribution in [3.05, 3.63) is 75.1 Å². The summed E-state index contributed by atoms with van der Waals surface area (Å²) in [5.74, 6) is 1.62. The van der Waals surface area contributed by atoms with Gasteiger partial charge in [0.05, 0.1) is 89.4 Å². The van der Waals surface area contributed by atoms with Crippen LogP contribution in [-0.2, 0) is 16.1 Å². The lowest BCUT2D eigenvalue weighted by Crippen LogP contribution is -3.00. The van der Waals surface area contributed by atoms with Crippen LogP contribution in [0, 0.1) is 0 Å². The van der Waals surface area contributed by atoms with Crippen molar-refractivity contribution < 1.29 is 85.3 Å². The number of carbonyl (C=O) groups is 5. The highest BCUT2D eigenvalue weighted by molar-refractivity contribution is 8.00. The van der Waals surface area contributed by atoms with Gasteiger partial charge in [0.1, 0.15) is 0 Å². The lowest BCUT2D eigenvalue weighted by Gasteiger charge is -2.30. The summed E-state index contributed by atoms with van der Waals surface area (Å²) in [6.45, 7) is 8.30. The van der Waals surface area contributed by atoms with Crippen molar-refractivity contribution in [3.8, 4) is 0 Å². The average molecular weight is 1310 g/mol. The number of aryl methyl sites for hydroxylation is 1. The van der Waals surface area contributed by atoms with Crippen molar-refractivity contribution in [2.45, 2.75) is 119 Å². The number of nitrogens with two attached hydrogens (primary N) is 1. The highest BCUT2D eigenvalue weighted by Crippen LogP contribution is 2.34. The number of aromatic nitrogens is 1. The van der Waals surface area contributed by atoms with E-state index in [1.165, 1.54) is 11.6 Å². The number of rotatable bonds is 27. The number of para-hydroxylation sites is 2. The van der Waals surface area contributed by atoms with E-state index in [1.807, 2.05) is 54.7 Å². The molecule has 6 unspecified atom stereocenters. The third-order valence-electron chi connectivity index (χ3n) is 14.0. The van der Waals surface area contributed by atoms with Gasteiger partial charge in [-0.1, -0.05) is 31.2 Å². The lowest BCUT2D eigenvalue weighted by atomic mass is 10.0. The monoisotopic (exact) mass is 1310 g/mol. The first kappa shape index (κ1) is 65.7. The van der Waals surface area contributed by atoms with Gasteiger partial charge >= 0.3 is 23.4 Å². The molecule has 4 saturated heterocycles. The number of hydrogen-bond acceptors (Lipinski definition) is 12. The molecule has 23 heteroatoms. The number of amides is 6. The number of nitrogens with zero attached hydrogens (tertiary/aromatic N) is 3. The second-order valence-corrected chi connectivity index (χ2v) is 23.0. The van der Waals surface area contributed by atoms with Gasteiger partial charge in [-0.25, -0.2) is 19.2 Å². The van der Waals surface area contributed by atoms with Crippen molar-refractivity contribution in [1.82, 2.24) is 36.5 Å². The number of quaternary nitrogens is 2. The number of carbonyl (C=O) groups excluding carboxylic acids is 5. The normalized spacial score (nSPS) is 20.2. The van der Waals surface area contributed by atoms with Crippen molar-refractivity contribution >= 4 is 69.8 Å². The van der Waals surface area contributed by atoms with Crippen LogP contribution in [-0.4, -0.2) is 170 Å². The molecule has 2 aromatic carbocycles. The van der Waals surface area contributed by atoms with Gasteiger partial charge in [-0.15, -0.1) is 0 Å². The van der Waals surface area contributed by atoms with E-state index in [1.54, 1.807) is 24.3 Å². The summed E-state index contributed by atoms with van der Waals surface area (Å²) in [5.41, 5.74) is 6.19. The minimum Gasteiger partial charge on any atom is -1.00 e. The number of anilines is 1. The molecule has 6 amide bonds. The first-order chi connectivity index (χ1) is 35.0. The van der Waals surface area contributed by atoms with Crippen LogP contribution in [0.3, 0.4) is 0 Å². The van der Waals surface area contributed by atoms with Gasteiger partial charge in [-0.05, 0) is 57.0 Å². The predicted octanol–water partition coefficient (Wildman–Crippen LogP) is -2.15. The number of hydrogen-bond donors (Lipinski definition) is 8.